The Bertz CT molecular complexity index is 438. The SMILES string of the molecule is CC(NC1=NC(=O)C(C)(C(C)C)S1)C1CCC(C)(O)CC1. The van der Waals surface area contributed by atoms with Crippen molar-refractivity contribution in [2.24, 2.45) is 16.8 Å². The number of amidine groups is 1. The number of hydrogen-bond acceptors (Lipinski definition) is 4. The maximum atomic E-state index is 12.1. The van der Waals surface area contributed by atoms with Crippen LogP contribution in [0.15, 0.2) is 4.99 Å². The van der Waals surface area contributed by atoms with Crippen molar-refractivity contribution in [2.45, 2.75) is 76.7 Å². The molecule has 0 aromatic rings. The van der Waals surface area contributed by atoms with Crippen molar-refractivity contribution in [3.05, 3.63) is 0 Å². The molecule has 4 nitrogen and oxygen atoms in total. The fourth-order valence-electron chi connectivity index (χ4n) is 2.97. The number of amides is 1. The highest BCUT2D eigenvalue weighted by Gasteiger charge is 2.44. The first kappa shape index (κ1) is 16.8. The maximum absolute atomic E-state index is 12.1. The first-order valence-corrected chi connectivity index (χ1v) is 8.77. The van der Waals surface area contributed by atoms with Crippen LogP contribution < -0.4 is 5.32 Å². The molecule has 2 rings (SSSR count). The normalized spacial score (nSPS) is 38.5. The summed E-state index contributed by atoms with van der Waals surface area (Å²) in [6.45, 7) is 10.2. The molecule has 0 saturated heterocycles. The van der Waals surface area contributed by atoms with Crippen LogP contribution in [0.1, 0.15) is 60.3 Å². The van der Waals surface area contributed by atoms with Gasteiger partial charge in [-0.25, -0.2) is 0 Å². The van der Waals surface area contributed by atoms with E-state index in [-0.39, 0.29) is 17.9 Å². The third kappa shape index (κ3) is 3.62. The average Bonchev–Trinajstić information content (AvgIpc) is 2.65. The number of nitrogens with one attached hydrogen (secondary N) is 1. The monoisotopic (exact) mass is 312 g/mol. The van der Waals surface area contributed by atoms with Gasteiger partial charge < -0.3 is 10.4 Å². The summed E-state index contributed by atoms with van der Waals surface area (Å²) in [7, 11) is 0. The largest absolute Gasteiger partial charge is 0.390 e. The zero-order valence-electron chi connectivity index (χ0n) is 13.8. The first-order chi connectivity index (χ1) is 9.64. The molecule has 2 unspecified atom stereocenters. The second kappa shape index (κ2) is 5.92. The van der Waals surface area contributed by atoms with E-state index in [9.17, 15) is 9.90 Å². The Morgan fingerprint density at radius 2 is 1.86 bits per heavy atom. The van der Waals surface area contributed by atoms with Crippen LogP contribution in [0.25, 0.3) is 0 Å². The van der Waals surface area contributed by atoms with Crippen LogP contribution in [0.2, 0.25) is 0 Å². The minimum Gasteiger partial charge on any atom is -0.390 e. The van der Waals surface area contributed by atoms with Crippen LogP contribution in [0, 0.1) is 11.8 Å². The molecule has 120 valence electrons. The summed E-state index contributed by atoms with van der Waals surface area (Å²) >= 11 is 1.56. The second-order valence-corrected chi connectivity index (χ2v) is 8.79. The minimum atomic E-state index is -0.498. The third-order valence-electron chi connectivity index (χ3n) is 5.20. The number of hydrogen-bond donors (Lipinski definition) is 2. The molecule has 0 bridgehead atoms. The fourth-order valence-corrected chi connectivity index (χ4v) is 4.12. The van der Waals surface area contributed by atoms with Gasteiger partial charge in [0.15, 0.2) is 5.17 Å². The van der Waals surface area contributed by atoms with Crippen LogP contribution in [0.5, 0.6) is 0 Å². The number of aliphatic hydroxyl groups is 1. The zero-order chi connectivity index (χ0) is 15.8. The number of nitrogens with zero attached hydrogens (tertiary/aromatic N) is 1. The van der Waals surface area contributed by atoms with Crippen LogP contribution in [-0.2, 0) is 4.79 Å². The van der Waals surface area contributed by atoms with E-state index in [4.69, 9.17) is 0 Å². The molecule has 1 aliphatic heterocycles. The van der Waals surface area contributed by atoms with Gasteiger partial charge in [-0.1, -0.05) is 25.6 Å². The summed E-state index contributed by atoms with van der Waals surface area (Å²) in [6.07, 6.45) is 3.75. The molecule has 1 saturated carbocycles. The molecule has 1 heterocycles. The van der Waals surface area contributed by atoms with E-state index >= 15 is 0 Å². The molecular formula is C16H28N2O2S. The van der Waals surface area contributed by atoms with E-state index in [1.165, 1.54) is 0 Å². The molecule has 2 aliphatic rings. The van der Waals surface area contributed by atoms with Crippen molar-refractivity contribution in [1.82, 2.24) is 5.32 Å². The molecular weight excluding hydrogens is 284 g/mol. The Kier molecular flexibility index (Phi) is 4.74. The standard InChI is InChI=1S/C16H28N2O2S/c1-10(2)16(5)13(19)18-14(21-16)17-11(3)12-6-8-15(4,20)9-7-12/h10-12,20H,6-9H2,1-5H3,(H,17,18,19). The summed E-state index contributed by atoms with van der Waals surface area (Å²) in [5, 5.41) is 14.2. The van der Waals surface area contributed by atoms with E-state index in [2.05, 4.69) is 31.1 Å². The molecule has 0 radical (unpaired) electrons. The number of carbonyl (C=O) groups excluding carboxylic acids is 1. The van der Waals surface area contributed by atoms with Crippen LogP contribution in [0.3, 0.4) is 0 Å². The first-order valence-electron chi connectivity index (χ1n) is 7.95. The van der Waals surface area contributed by atoms with Crippen molar-refractivity contribution in [1.29, 1.82) is 0 Å². The molecule has 1 fully saturated rings. The van der Waals surface area contributed by atoms with Crippen molar-refractivity contribution in [3.63, 3.8) is 0 Å². The highest BCUT2D eigenvalue weighted by Crippen LogP contribution is 2.40. The predicted octanol–water partition coefficient (Wildman–Crippen LogP) is 2.95. The topological polar surface area (TPSA) is 61.7 Å². The smallest absolute Gasteiger partial charge is 0.264 e. The molecule has 2 N–H and O–H groups in total. The predicted molar refractivity (Wildman–Crippen MR) is 88.5 cm³/mol. The summed E-state index contributed by atoms with van der Waals surface area (Å²) in [6, 6.07) is 0.287. The quantitative estimate of drug-likeness (QED) is 0.841. The van der Waals surface area contributed by atoms with Gasteiger partial charge >= 0.3 is 0 Å². The molecule has 0 aromatic carbocycles. The third-order valence-corrected chi connectivity index (χ3v) is 6.68. The fraction of sp³-hybridized carbons (Fsp3) is 0.875. The Balaban J connectivity index is 1.91. The Hall–Kier alpha value is -0.550. The summed E-state index contributed by atoms with van der Waals surface area (Å²) < 4.78 is -0.432. The van der Waals surface area contributed by atoms with Crippen molar-refractivity contribution in [3.8, 4) is 0 Å². The Morgan fingerprint density at radius 3 is 2.33 bits per heavy atom. The van der Waals surface area contributed by atoms with E-state index in [1.54, 1.807) is 11.8 Å². The van der Waals surface area contributed by atoms with Crippen molar-refractivity contribution >= 4 is 22.8 Å². The van der Waals surface area contributed by atoms with Gasteiger partial charge in [-0.3, -0.25) is 4.79 Å². The lowest BCUT2D eigenvalue weighted by Crippen LogP contribution is -2.41. The zero-order valence-corrected chi connectivity index (χ0v) is 14.6. The molecule has 2 atom stereocenters. The molecule has 5 heteroatoms. The number of aliphatic imine (C=N–C) groups is 1. The van der Waals surface area contributed by atoms with Gasteiger partial charge in [0.25, 0.3) is 5.91 Å². The van der Waals surface area contributed by atoms with Crippen molar-refractivity contribution < 1.29 is 9.90 Å². The Morgan fingerprint density at radius 1 is 1.29 bits per heavy atom. The number of rotatable bonds is 3. The average molecular weight is 312 g/mol. The highest BCUT2D eigenvalue weighted by atomic mass is 32.2. The highest BCUT2D eigenvalue weighted by molar-refractivity contribution is 8.16. The van der Waals surface area contributed by atoms with Gasteiger partial charge in [0, 0.05) is 6.04 Å². The molecule has 0 aromatic heterocycles. The lowest BCUT2D eigenvalue weighted by atomic mass is 9.77. The molecule has 0 spiro atoms. The van der Waals surface area contributed by atoms with Gasteiger partial charge in [-0.15, -0.1) is 0 Å². The molecule has 1 amide bonds. The van der Waals surface area contributed by atoms with Gasteiger partial charge in [-0.05, 0) is 58.3 Å². The van der Waals surface area contributed by atoms with Crippen LogP contribution in [0.4, 0.5) is 0 Å². The Labute approximate surface area is 132 Å². The van der Waals surface area contributed by atoms with E-state index in [0.717, 1.165) is 30.9 Å². The molecule has 21 heavy (non-hydrogen) atoms. The van der Waals surface area contributed by atoms with Crippen LogP contribution >= 0.6 is 11.8 Å². The van der Waals surface area contributed by atoms with Gasteiger partial charge in [0.1, 0.15) is 4.75 Å². The van der Waals surface area contributed by atoms with E-state index < -0.39 is 10.3 Å². The van der Waals surface area contributed by atoms with E-state index in [1.807, 2.05) is 13.8 Å². The lowest BCUT2D eigenvalue weighted by molar-refractivity contribution is -0.120. The second-order valence-electron chi connectivity index (χ2n) is 7.35. The number of thioether (sulfide) groups is 1. The number of carbonyl (C=O) groups is 1. The summed E-state index contributed by atoms with van der Waals surface area (Å²) in [5.41, 5.74) is -0.498. The van der Waals surface area contributed by atoms with Crippen molar-refractivity contribution in [2.75, 3.05) is 0 Å². The van der Waals surface area contributed by atoms with E-state index in [0.29, 0.717) is 5.92 Å². The lowest BCUT2D eigenvalue weighted by Gasteiger charge is -2.36. The minimum absolute atomic E-state index is 0.0243. The maximum Gasteiger partial charge on any atom is 0.264 e. The molecule has 1 aliphatic carbocycles. The van der Waals surface area contributed by atoms with Gasteiger partial charge in [0.2, 0.25) is 0 Å². The summed E-state index contributed by atoms with van der Waals surface area (Å²) in [5.74, 6) is 0.774. The van der Waals surface area contributed by atoms with Gasteiger partial charge in [-0.2, -0.15) is 4.99 Å². The van der Waals surface area contributed by atoms with Gasteiger partial charge in [0.05, 0.1) is 5.60 Å². The summed E-state index contributed by atoms with van der Waals surface area (Å²) in [4.78, 5) is 16.3. The van der Waals surface area contributed by atoms with Crippen LogP contribution in [-0.4, -0.2) is 32.6 Å².